The molecule has 0 heterocycles. The molecule has 0 aromatic heterocycles. The number of hydrogen-bond donors (Lipinski definition) is 1. The Labute approximate surface area is 96.3 Å². The molecule has 86 valence electrons. The maximum Gasteiger partial charge on any atom is 0.310 e. The van der Waals surface area contributed by atoms with E-state index in [1.165, 1.54) is 11.1 Å². The van der Waals surface area contributed by atoms with Crippen molar-refractivity contribution in [2.45, 2.75) is 39.0 Å². The number of aryl methyl sites for hydroxylation is 1. The summed E-state index contributed by atoms with van der Waals surface area (Å²) in [5.41, 5.74) is 3.60. The first-order valence-corrected chi connectivity index (χ1v) is 5.92. The lowest BCUT2D eigenvalue weighted by atomic mass is 9.96. The van der Waals surface area contributed by atoms with Crippen LogP contribution in [-0.2, 0) is 17.6 Å². The Hall–Kier alpha value is -1.31. The van der Waals surface area contributed by atoms with E-state index in [0.29, 0.717) is 5.92 Å². The standard InChI is InChI=1S/C14H18O2/c1-9(2)7-10-3-5-12-11(8-10)4-6-13(12)14(15)16/h3,5,8-9,13H,4,6-7H2,1-2H3,(H,15,16). The van der Waals surface area contributed by atoms with Gasteiger partial charge in [0.25, 0.3) is 0 Å². The highest BCUT2D eigenvalue weighted by molar-refractivity contribution is 5.77. The molecule has 0 saturated carbocycles. The number of carbonyl (C=O) groups is 1. The van der Waals surface area contributed by atoms with Crippen LogP contribution in [0.5, 0.6) is 0 Å². The fourth-order valence-corrected chi connectivity index (χ4v) is 2.53. The van der Waals surface area contributed by atoms with Crippen LogP contribution in [0.3, 0.4) is 0 Å². The Balaban J connectivity index is 2.25. The van der Waals surface area contributed by atoms with E-state index in [1.807, 2.05) is 6.07 Å². The van der Waals surface area contributed by atoms with Crippen molar-refractivity contribution in [3.05, 3.63) is 34.9 Å². The summed E-state index contributed by atoms with van der Waals surface area (Å²) in [5.74, 6) is -0.312. The van der Waals surface area contributed by atoms with Crippen LogP contribution in [0.4, 0.5) is 0 Å². The topological polar surface area (TPSA) is 37.3 Å². The van der Waals surface area contributed by atoms with Crippen molar-refractivity contribution < 1.29 is 9.90 Å². The third kappa shape index (κ3) is 2.11. The van der Waals surface area contributed by atoms with Crippen molar-refractivity contribution in [2.24, 2.45) is 5.92 Å². The second-order valence-corrected chi connectivity index (χ2v) is 5.06. The van der Waals surface area contributed by atoms with Gasteiger partial charge in [0.05, 0.1) is 5.92 Å². The first-order valence-electron chi connectivity index (χ1n) is 5.92. The van der Waals surface area contributed by atoms with E-state index in [-0.39, 0.29) is 5.92 Å². The van der Waals surface area contributed by atoms with Crippen molar-refractivity contribution >= 4 is 5.97 Å². The average molecular weight is 218 g/mol. The van der Waals surface area contributed by atoms with E-state index in [2.05, 4.69) is 26.0 Å². The fraction of sp³-hybridized carbons (Fsp3) is 0.500. The molecule has 2 heteroatoms. The van der Waals surface area contributed by atoms with Crippen molar-refractivity contribution in [2.75, 3.05) is 0 Å². The zero-order valence-electron chi connectivity index (χ0n) is 9.86. The van der Waals surface area contributed by atoms with Crippen LogP contribution < -0.4 is 0 Å². The molecule has 2 rings (SSSR count). The first-order chi connectivity index (χ1) is 7.58. The summed E-state index contributed by atoms with van der Waals surface area (Å²) in [6, 6.07) is 6.29. The maximum absolute atomic E-state index is 11.0. The SMILES string of the molecule is CC(C)Cc1ccc2c(c1)CCC2C(=O)O. The summed E-state index contributed by atoms with van der Waals surface area (Å²) >= 11 is 0. The number of fused-ring (bicyclic) bond motifs is 1. The lowest BCUT2D eigenvalue weighted by Crippen LogP contribution is -2.07. The Morgan fingerprint density at radius 3 is 2.88 bits per heavy atom. The smallest absolute Gasteiger partial charge is 0.310 e. The van der Waals surface area contributed by atoms with E-state index in [9.17, 15) is 4.79 Å². The summed E-state index contributed by atoms with van der Waals surface area (Å²) in [7, 11) is 0. The lowest BCUT2D eigenvalue weighted by molar-refractivity contribution is -0.138. The molecule has 1 aromatic rings. The van der Waals surface area contributed by atoms with E-state index >= 15 is 0 Å². The van der Waals surface area contributed by atoms with Gasteiger partial charge in [-0.05, 0) is 41.9 Å². The minimum Gasteiger partial charge on any atom is -0.481 e. The minimum absolute atomic E-state index is 0.275. The summed E-state index contributed by atoms with van der Waals surface area (Å²) in [4.78, 5) is 11.0. The zero-order chi connectivity index (χ0) is 11.7. The predicted molar refractivity (Wildman–Crippen MR) is 63.7 cm³/mol. The van der Waals surface area contributed by atoms with E-state index in [1.54, 1.807) is 0 Å². The van der Waals surface area contributed by atoms with Crippen molar-refractivity contribution in [3.8, 4) is 0 Å². The highest BCUT2D eigenvalue weighted by Gasteiger charge is 2.28. The van der Waals surface area contributed by atoms with Gasteiger partial charge in [0.15, 0.2) is 0 Å². The summed E-state index contributed by atoms with van der Waals surface area (Å²) in [5, 5.41) is 9.07. The Kier molecular flexibility index (Phi) is 2.99. The van der Waals surface area contributed by atoms with Gasteiger partial charge in [-0.1, -0.05) is 32.0 Å². The molecule has 1 aliphatic rings. The van der Waals surface area contributed by atoms with Crippen LogP contribution in [-0.4, -0.2) is 11.1 Å². The molecule has 0 spiro atoms. The van der Waals surface area contributed by atoms with Gasteiger partial charge in [-0.3, -0.25) is 4.79 Å². The fourth-order valence-electron chi connectivity index (χ4n) is 2.53. The molecule has 0 bridgehead atoms. The Morgan fingerprint density at radius 2 is 2.25 bits per heavy atom. The van der Waals surface area contributed by atoms with E-state index in [0.717, 1.165) is 24.8 Å². The Morgan fingerprint density at radius 1 is 1.50 bits per heavy atom. The summed E-state index contributed by atoms with van der Waals surface area (Å²) in [6.07, 6.45) is 2.75. The average Bonchev–Trinajstić information content (AvgIpc) is 2.59. The van der Waals surface area contributed by atoms with Crippen molar-refractivity contribution in [1.29, 1.82) is 0 Å². The van der Waals surface area contributed by atoms with Gasteiger partial charge in [-0.25, -0.2) is 0 Å². The maximum atomic E-state index is 11.0. The number of hydrogen-bond acceptors (Lipinski definition) is 1. The molecule has 1 atom stereocenters. The molecule has 0 amide bonds. The predicted octanol–water partition coefficient (Wildman–Crippen LogP) is 3.00. The highest BCUT2D eigenvalue weighted by Crippen LogP contribution is 2.34. The molecule has 2 nitrogen and oxygen atoms in total. The Bertz CT molecular complexity index is 407. The number of aliphatic carboxylic acids is 1. The molecule has 1 unspecified atom stereocenters. The van der Waals surface area contributed by atoms with Crippen LogP contribution in [0.1, 0.15) is 42.9 Å². The molecule has 0 fully saturated rings. The molecule has 16 heavy (non-hydrogen) atoms. The van der Waals surface area contributed by atoms with Gasteiger partial charge < -0.3 is 5.11 Å². The highest BCUT2D eigenvalue weighted by atomic mass is 16.4. The molecule has 1 aromatic carbocycles. The van der Waals surface area contributed by atoms with Crippen molar-refractivity contribution in [3.63, 3.8) is 0 Å². The van der Waals surface area contributed by atoms with Gasteiger partial charge >= 0.3 is 5.97 Å². The van der Waals surface area contributed by atoms with Gasteiger partial charge in [-0.15, -0.1) is 0 Å². The lowest BCUT2D eigenvalue weighted by Gasteiger charge is -2.09. The third-order valence-electron chi connectivity index (χ3n) is 3.23. The normalized spacial score (nSPS) is 18.8. The monoisotopic (exact) mass is 218 g/mol. The second-order valence-electron chi connectivity index (χ2n) is 5.06. The minimum atomic E-state index is -0.685. The molecule has 1 N–H and O–H groups in total. The third-order valence-corrected chi connectivity index (χ3v) is 3.23. The number of carboxylic acids is 1. The van der Waals surface area contributed by atoms with Crippen LogP contribution in [0.25, 0.3) is 0 Å². The number of carboxylic acid groups (broad SMARTS) is 1. The molecule has 1 aliphatic carbocycles. The first kappa shape index (κ1) is 11.2. The molecular formula is C14H18O2. The van der Waals surface area contributed by atoms with E-state index in [4.69, 9.17) is 5.11 Å². The van der Waals surface area contributed by atoms with Crippen LogP contribution in [0, 0.1) is 5.92 Å². The van der Waals surface area contributed by atoms with Gasteiger partial charge in [0.2, 0.25) is 0 Å². The number of benzene rings is 1. The van der Waals surface area contributed by atoms with Gasteiger partial charge in [0, 0.05) is 0 Å². The molecule has 0 saturated heterocycles. The van der Waals surface area contributed by atoms with Crippen molar-refractivity contribution in [1.82, 2.24) is 0 Å². The second kappa shape index (κ2) is 4.28. The summed E-state index contributed by atoms with van der Waals surface area (Å²) < 4.78 is 0. The van der Waals surface area contributed by atoms with E-state index < -0.39 is 5.97 Å². The molecule has 0 radical (unpaired) electrons. The summed E-state index contributed by atoms with van der Waals surface area (Å²) in [6.45, 7) is 4.40. The quantitative estimate of drug-likeness (QED) is 0.846. The van der Waals surface area contributed by atoms with Crippen LogP contribution >= 0.6 is 0 Å². The van der Waals surface area contributed by atoms with Gasteiger partial charge in [0.1, 0.15) is 0 Å². The molecular weight excluding hydrogens is 200 g/mol. The van der Waals surface area contributed by atoms with Gasteiger partial charge in [-0.2, -0.15) is 0 Å². The van der Waals surface area contributed by atoms with Crippen LogP contribution in [0.15, 0.2) is 18.2 Å². The van der Waals surface area contributed by atoms with Crippen LogP contribution in [0.2, 0.25) is 0 Å². The molecule has 0 aliphatic heterocycles. The number of rotatable bonds is 3. The zero-order valence-corrected chi connectivity index (χ0v) is 9.86. The largest absolute Gasteiger partial charge is 0.481 e.